The molecule has 0 unspecified atom stereocenters. The van der Waals surface area contributed by atoms with E-state index in [4.69, 9.17) is 37.4 Å². The minimum absolute atomic E-state index is 0.0151. The fraction of sp³-hybridized carbons (Fsp3) is 0.704. The second-order valence-corrected chi connectivity index (χ2v) is 12.3. The normalized spacial score (nSPS) is 30.5. The van der Waals surface area contributed by atoms with Crippen LogP contribution in [0.5, 0.6) is 0 Å². The second-order valence-electron chi connectivity index (χ2n) is 10.2. The molecular weight excluding hydrogens is 569 g/mol. The van der Waals surface area contributed by atoms with E-state index < -0.39 is 48.0 Å². The molecule has 4 N–H and O–H groups in total. The van der Waals surface area contributed by atoms with E-state index in [2.05, 4.69) is 12.2 Å². The zero-order valence-electron chi connectivity index (χ0n) is 22.4. The maximum absolute atomic E-state index is 13.2. The molecular formula is C27H39Cl2NO8S. The van der Waals surface area contributed by atoms with E-state index in [0.29, 0.717) is 16.0 Å². The molecule has 2 fully saturated rings. The van der Waals surface area contributed by atoms with Crippen LogP contribution in [-0.4, -0.2) is 88.7 Å². The third kappa shape index (κ3) is 8.69. The van der Waals surface area contributed by atoms with Gasteiger partial charge in [-0.2, -0.15) is 0 Å². The number of halogens is 2. The molecule has 1 aromatic rings. The molecule has 1 aliphatic heterocycles. The van der Waals surface area contributed by atoms with E-state index in [1.807, 2.05) is 0 Å². The van der Waals surface area contributed by atoms with Crippen LogP contribution in [0.4, 0.5) is 0 Å². The lowest BCUT2D eigenvalue weighted by Gasteiger charge is -2.44. The molecule has 2 aliphatic rings. The Morgan fingerprint density at radius 1 is 1.13 bits per heavy atom. The lowest BCUT2D eigenvalue weighted by molar-refractivity contribution is -0.212. The van der Waals surface area contributed by atoms with Crippen molar-refractivity contribution in [1.29, 1.82) is 0 Å². The van der Waals surface area contributed by atoms with Gasteiger partial charge < -0.3 is 34.8 Å². The van der Waals surface area contributed by atoms with Crippen molar-refractivity contribution in [3.05, 3.63) is 33.8 Å². The minimum atomic E-state index is -1.51. The van der Waals surface area contributed by atoms with E-state index in [9.17, 15) is 24.9 Å². The van der Waals surface area contributed by atoms with Crippen LogP contribution in [0.3, 0.4) is 0 Å². The van der Waals surface area contributed by atoms with Crippen LogP contribution in [-0.2, 0) is 19.0 Å². The van der Waals surface area contributed by atoms with E-state index in [0.717, 1.165) is 43.9 Å². The van der Waals surface area contributed by atoms with Gasteiger partial charge in [0.05, 0.1) is 17.7 Å². The van der Waals surface area contributed by atoms with Crippen LogP contribution < -0.4 is 5.32 Å². The van der Waals surface area contributed by atoms with Crippen LogP contribution in [0.2, 0.25) is 10.0 Å². The van der Waals surface area contributed by atoms with Crippen LogP contribution in [0.25, 0.3) is 0 Å². The van der Waals surface area contributed by atoms with Crippen molar-refractivity contribution < 1.29 is 39.1 Å². The summed E-state index contributed by atoms with van der Waals surface area (Å²) in [6, 6.07) is 3.63. The summed E-state index contributed by atoms with van der Waals surface area (Å²) in [6.45, 7) is 3.87. The number of nitrogens with one attached hydrogen (secondary N) is 1. The molecule has 1 amide bonds. The van der Waals surface area contributed by atoms with Gasteiger partial charge in [0.1, 0.15) is 36.5 Å². The third-order valence-corrected chi connectivity index (χ3v) is 9.01. The Kier molecular flexibility index (Phi) is 12.6. The van der Waals surface area contributed by atoms with E-state index >= 15 is 0 Å². The van der Waals surface area contributed by atoms with Gasteiger partial charge in [0, 0.05) is 28.8 Å². The summed E-state index contributed by atoms with van der Waals surface area (Å²) in [7, 11) is 1.49. The van der Waals surface area contributed by atoms with Gasteiger partial charge in [0.25, 0.3) is 0 Å². The van der Waals surface area contributed by atoms with Crippen molar-refractivity contribution in [2.24, 2.45) is 11.8 Å². The first-order valence-electron chi connectivity index (χ1n) is 13.3. The molecule has 1 heterocycles. The van der Waals surface area contributed by atoms with Crippen molar-refractivity contribution in [2.75, 3.05) is 19.5 Å². The number of aliphatic hydroxyl groups excluding tert-OH is 3. The van der Waals surface area contributed by atoms with E-state index in [1.165, 1.54) is 25.3 Å². The molecule has 1 saturated heterocycles. The first-order chi connectivity index (χ1) is 18.5. The molecule has 9 atom stereocenters. The number of thioether (sulfide) groups is 1. The lowest BCUT2D eigenvalue weighted by atomic mass is 9.91. The molecule has 9 nitrogen and oxygen atoms in total. The summed E-state index contributed by atoms with van der Waals surface area (Å²) in [6.07, 6.45) is -1.14. The van der Waals surface area contributed by atoms with Gasteiger partial charge in [0.15, 0.2) is 0 Å². The molecule has 1 aliphatic carbocycles. The number of hydrogen-bond acceptors (Lipinski definition) is 9. The summed E-state index contributed by atoms with van der Waals surface area (Å²) in [5.41, 5.74) is -0.739. The SMILES string of the molecule is CCC[C@H]1CC[C@H](C(=O)N[C@@H]([C@H]2O[C@H](SCCOC(=O)c3cc(Cl)cc(Cl)c3)[C@H](O)[C@@H](O)[C@H]2O)[C@@H](C)OC)C1. The Morgan fingerprint density at radius 3 is 2.46 bits per heavy atom. The largest absolute Gasteiger partial charge is 0.461 e. The highest BCUT2D eigenvalue weighted by atomic mass is 35.5. The van der Waals surface area contributed by atoms with Crippen molar-refractivity contribution in [2.45, 2.75) is 87.9 Å². The predicted molar refractivity (Wildman–Crippen MR) is 150 cm³/mol. The maximum Gasteiger partial charge on any atom is 0.338 e. The topological polar surface area (TPSA) is 135 Å². The third-order valence-electron chi connectivity index (χ3n) is 7.45. The van der Waals surface area contributed by atoms with Crippen molar-refractivity contribution >= 4 is 46.8 Å². The monoisotopic (exact) mass is 607 g/mol. The number of ether oxygens (including phenoxy) is 3. The van der Waals surface area contributed by atoms with E-state index in [-0.39, 0.29) is 29.7 Å². The standard InChI is InChI=1S/C27H39Cl2NO8S/c1-4-5-15-6-7-16(10-15)25(34)30-20(14(2)36-3)24-22(32)21(31)23(33)27(38-24)39-9-8-37-26(35)17-11-18(28)13-19(29)12-17/h11-16,20-24,27,31-33H,4-10H2,1-3H3,(H,30,34)/t14-,15+,16+,20-,21+,22-,23-,24-,27-/m1/s1. The number of amides is 1. The number of aliphatic hydroxyl groups is 3. The molecule has 3 rings (SSSR count). The first-order valence-corrected chi connectivity index (χ1v) is 15.1. The van der Waals surface area contributed by atoms with Gasteiger partial charge >= 0.3 is 5.97 Å². The summed E-state index contributed by atoms with van der Waals surface area (Å²) < 4.78 is 16.8. The van der Waals surface area contributed by atoms with Crippen LogP contribution in [0.15, 0.2) is 18.2 Å². The highest BCUT2D eigenvalue weighted by Gasteiger charge is 2.49. The molecule has 12 heteroatoms. The van der Waals surface area contributed by atoms with E-state index in [1.54, 1.807) is 6.92 Å². The Labute approximate surface area is 243 Å². The molecule has 0 bridgehead atoms. The second kappa shape index (κ2) is 15.2. The highest BCUT2D eigenvalue weighted by Crippen LogP contribution is 2.35. The Bertz CT molecular complexity index is 951. The Morgan fingerprint density at radius 2 is 1.82 bits per heavy atom. The van der Waals surface area contributed by atoms with Gasteiger partial charge in [-0.3, -0.25) is 4.79 Å². The van der Waals surface area contributed by atoms with Gasteiger partial charge in [-0.05, 0) is 50.3 Å². The Balaban J connectivity index is 1.60. The number of hydrogen-bond donors (Lipinski definition) is 4. The minimum Gasteiger partial charge on any atom is -0.461 e. The molecule has 0 spiro atoms. The average Bonchev–Trinajstić information content (AvgIpc) is 3.37. The van der Waals surface area contributed by atoms with Gasteiger partial charge in [-0.15, -0.1) is 11.8 Å². The summed E-state index contributed by atoms with van der Waals surface area (Å²) in [4.78, 5) is 25.5. The lowest BCUT2D eigenvalue weighted by Crippen LogP contribution is -2.65. The summed E-state index contributed by atoms with van der Waals surface area (Å²) in [5, 5.41) is 35.6. The molecule has 1 saturated carbocycles. The summed E-state index contributed by atoms with van der Waals surface area (Å²) >= 11 is 13.0. The smallest absolute Gasteiger partial charge is 0.338 e. The zero-order chi connectivity index (χ0) is 28.7. The molecule has 0 aromatic heterocycles. The van der Waals surface area contributed by atoms with Crippen LogP contribution in [0.1, 0.15) is 56.3 Å². The fourth-order valence-corrected chi connectivity index (χ4v) is 6.74. The fourth-order valence-electron chi connectivity index (χ4n) is 5.24. The van der Waals surface area contributed by atoms with Crippen LogP contribution >= 0.6 is 35.0 Å². The molecule has 0 radical (unpaired) electrons. The van der Waals surface area contributed by atoms with Gasteiger partial charge in [-0.1, -0.05) is 43.0 Å². The number of carbonyl (C=O) groups excluding carboxylic acids is 2. The summed E-state index contributed by atoms with van der Waals surface area (Å²) in [5.74, 6) is -0.101. The van der Waals surface area contributed by atoms with Crippen molar-refractivity contribution in [1.82, 2.24) is 5.32 Å². The average molecular weight is 609 g/mol. The Hall–Kier alpha value is -1.11. The molecule has 1 aromatic carbocycles. The van der Waals surface area contributed by atoms with Crippen molar-refractivity contribution in [3.8, 4) is 0 Å². The highest BCUT2D eigenvalue weighted by molar-refractivity contribution is 7.99. The number of rotatable bonds is 12. The van der Waals surface area contributed by atoms with Gasteiger partial charge in [-0.25, -0.2) is 4.79 Å². The first kappa shape index (κ1) is 32.4. The number of methoxy groups -OCH3 is 1. The maximum atomic E-state index is 13.2. The molecule has 39 heavy (non-hydrogen) atoms. The number of benzene rings is 1. The molecule has 220 valence electrons. The number of carbonyl (C=O) groups is 2. The number of esters is 1. The van der Waals surface area contributed by atoms with Gasteiger partial charge in [0.2, 0.25) is 5.91 Å². The predicted octanol–water partition coefficient (Wildman–Crippen LogP) is 3.43. The quantitative estimate of drug-likeness (QED) is 0.208. The van der Waals surface area contributed by atoms with Crippen molar-refractivity contribution in [3.63, 3.8) is 0 Å². The van der Waals surface area contributed by atoms with Crippen LogP contribution in [0, 0.1) is 11.8 Å². The zero-order valence-corrected chi connectivity index (χ0v) is 24.8.